The Morgan fingerprint density at radius 1 is 1.36 bits per heavy atom. The molecule has 0 bridgehead atoms. The van der Waals surface area contributed by atoms with Gasteiger partial charge in [-0.05, 0) is 17.7 Å². The molecule has 0 atom stereocenters. The molecule has 110 valence electrons. The molecule has 3 rings (SSSR count). The van der Waals surface area contributed by atoms with E-state index < -0.39 is 0 Å². The Morgan fingerprint density at radius 3 is 2.91 bits per heavy atom. The van der Waals surface area contributed by atoms with Crippen LogP contribution in [-0.4, -0.2) is 40.8 Å². The van der Waals surface area contributed by atoms with E-state index in [4.69, 9.17) is 0 Å². The summed E-state index contributed by atoms with van der Waals surface area (Å²) in [5.74, 6) is -0.603. The van der Waals surface area contributed by atoms with Gasteiger partial charge in [0.1, 0.15) is 6.33 Å². The fourth-order valence-electron chi connectivity index (χ4n) is 1.86. The summed E-state index contributed by atoms with van der Waals surface area (Å²) in [6, 6.07) is 3.75. The summed E-state index contributed by atoms with van der Waals surface area (Å²) in [5, 5.41) is 20.0. The molecule has 3 aromatic rings. The van der Waals surface area contributed by atoms with Crippen molar-refractivity contribution < 1.29 is 9.90 Å². The highest BCUT2D eigenvalue weighted by molar-refractivity contribution is 6.07. The third-order valence-corrected chi connectivity index (χ3v) is 2.92. The van der Waals surface area contributed by atoms with Crippen molar-refractivity contribution in [2.24, 2.45) is 0 Å². The quantitative estimate of drug-likeness (QED) is 0.416. The highest BCUT2D eigenvalue weighted by Gasteiger charge is 2.10. The van der Waals surface area contributed by atoms with Crippen LogP contribution in [0.25, 0.3) is 5.76 Å². The van der Waals surface area contributed by atoms with Crippen LogP contribution < -0.4 is 0 Å². The van der Waals surface area contributed by atoms with E-state index in [2.05, 4.69) is 25.3 Å². The molecule has 0 aliphatic rings. The molecule has 0 amide bonds. The number of nitrogens with one attached hydrogen (secondary N) is 1. The van der Waals surface area contributed by atoms with Crippen LogP contribution in [0, 0.1) is 0 Å². The summed E-state index contributed by atoms with van der Waals surface area (Å²) < 4.78 is 1.64. The zero-order chi connectivity index (χ0) is 15.4. The SMILES string of the molecule is O=C(C=C(O)c1nc[nH]n1)c1cnn(Cc2ccncc2)c1. The van der Waals surface area contributed by atoms with E-state index in [1.165, 1.54) is 12.5 Å². The van der Waals surface area contributed by atoms with Gasteiger partial charge in [0.05, 0.1) is 18.3 Å². The number of aliphatic hydroxyl groups excluding tert-OH is 1. The van der Waals surface area contributed by atoms with Crippen LogP contribution >= 0.6 is 0 Å². The van der Waals surface area contributed by atoms with E-state index in [1.54, 1.807) is 23.3 Å². The first-order valence-corrected chi connectivity index (χ1v) is 6.45. The monoisotopic (exact) mass is 296 g/mol. The summed E-state index contributed by atoms with van der Waals surface area (Å²) in [6.07, 6.45) is 8.84. The number of hydrogen-bond acceptors (Lipinski definition) is 6. The molecule has 0 saturated carbocycles. The largest absolute Gasteiger partial charge is 0.504 e. The number of rotatable bonds is 5. The fourth-order valence-corrected chi connectivity index (χ4v) is 1.86. The molecule has 0 aliphatic heterocycles. The Labute approximate surface area is 125 Å². The number of aliphatic hydroxyl groups is 1. The molecule has 22 heavy (non-hydrogen) atoms. The second-order valence-electron chi connectivity index (χ2n) is 4.50. The first-order valence-electron chi connectivity index (χ1n) is 6.45. The smallest absolute Gasteiger partial charge is 0.215 e. The molecule has 3 heterocycles. The number of carbonyl (C=O) groups excluding carboxylic acids is 1. The van der Waals surface area contributed by atoms with Gasteiger partial charge in [-0.3, -0.25) is 19.6 Å². The lowest BCUT2D eigenvalue weighted by molar-refractivity contribution is 0.104. The lowest BCUT2D eigenvalue weighted by Gasteiger charge is -2.00. The standard InChI is InChI=1S/C14H12N6O2/c21-12(5-13(22)14-16-9-17-19-14)11-6-18-20(8-11)7-10-1-3-15-4-2-10/h1-6,8-9,22H,7H2,(H,16,17,19). The highest BCUT2D eigenvalue weighted by atomic mass is 16.3. The first kappa shape index (κ1) is 13.7. The van der Waals surface area contributed by atoms with Gasteiger partial charge in [-0.2, -0.15) is 10.2 Å². The predicted octanol–water partition coefficient (Wildman–Crippen LogP) is 1.23. The molecule has 8 nitrogen and oxygen atoms in total. The van der Waals surface area contributed by atoms with Crippen molar-refractivity contribution in [3.05, 3.63) is 66.3 Å². The van der Waals surface area contributed by atoms with E-state index in [-0.39, 0.29) is 17.4 Å². The maximum absolute atomic E-state index is 12.1. The van der Waals surface area contributed by atoms with Gasteiger partial charge < -0.3 is 5.11 Å². The molecule has 0 saturated heterocycles. The molecular formula is C14H12N6O2. The summed E-state index contributed by atoms with van der Waals surface area (Å²) in [5.41, 5.74) is 1.40. The molecule has 0 aliphatic carbocycles. The Balaban J connectivity index is 1.73. The average Bonchev–Trinajstić information content (AvgIpc) is 3.19. The summed E-state index contributed by atoms with van der Waals surface area (Å²) in [6.45, 7) is 0.534. The Hall–Kier alpha value is -3.29. The number of carbonyl (C=O) groups is 1. The highest BCUT2D eigenvalue weighted by Crippen LogP contribution is 2.08. The number of allylic oxidation sites excluding steroid dienone is 1. The number of hydrogen-bond donors (Lipinski definition) is 2. The van der Waals surface area contributed by atoms with Gasteiger partial charge in [-0.1, -0.05) is 0 Å². The number of pyridine rings is 1. The molecule has 0 fully saturated rings. The zero-order valence-corrected chi connectivity index (χ0v) is 11.4. The maximum Gasteiger partial charge on any atom is 0.215 e. The van der Waals surface area contributed by atoms with Gasteiger partial charge >= 0.3 is 0 Å². The molecular weight excluding hydrogens is 284 g/mol. The number of aromatic amines is 1. The van der Waals surface area contributed by atoms with Crippen molar-refractivity contribution in [1.82, 2.24) is 29.9 Å². The first-order chi connectivity index (χ1) is 10.7. The lowest BCUT2D eigenvalue weighted by Crippen LogP contribution is -2.00. The van der Waals surface area contributed by atoms with E-state index in [1.807, 2.05) is 12.1 Å². The second-order valence-corrected chi connectivity index (χ2v) is 4.50. The van der Waals surface area contributed by atoms with Crippen molar-refractivity contribution >= 4 is 11.5 Å². The minimum Gasteiger partial charge on any atom is -0.504 e. The summed E-state index contributed by atoms with van der Waals surface area (Å²) in [7, 11) is 0. The molecule has 0 unspecified atom stereocenters. The minimum absolute atomic E-state index is 0.0672. The molecule has 0 radical (unpaired) electrons. The van der Waals surface area contributed by atoms with Gasteiger partial charge in [0.2, 0.25) is 5.82 Å². The fraction of sp³-hybridized carbons (Fsp3) is 0.0714. The van der Waals surface area contributed by atoms with Crippen molar-refractivity contribution in [2.75, 3.05) is 0 Å². The summed E-state index contributed by atoms with van der Waals surface area (Å²) in [4.78, 5) is 19.8. The van der Waals surface area contributed by atoms with Gasteiger partial charge in [-0.25, -0.2) is 4.98 Å². The van der Waals surface area contributed by atoms with Crippen LogP contribution in [0.5, 0.6) is 0 Å². The lowest BCUT2D eigenvalue weighted by atomic mass is 10.2. The van der Waals surface area contributed by atoms with E-state index in [0.717, 1.165) is 11.6 Å². The molecule has 0 spiro atoms. The van der Waals surface area contributed by atoms with E-state index in [0.29, 0.717) is 12.1 Å². The van der Waals surface area contributed by atoms with Crippen LogP contribution in [-0.2, 0) is 6.54 Å². The van der Waals surface area contributed by atoms with Crippen LogP contribution in [0.3, 0.4) is 0 Å². The Morgan fingerprint density at radius 2 is 2.18 bits per heavy atom. The minimum atomic E-state index is -0.372. The normalized spacial score (nSPS) is 11.5. The van der Waals surface area contributed by atoms with Crippen molar-refractivity contribution in [3.63, 3.8) is 0 Å². The van der Waals surface area contributed by atoms with Crippen molar-refractivity contribution in [3.8, 4) is 0 Å². The van der Waals surface area contributed by atoms with Crippen LogP contribution in [0.4, 0.5) is 0 Å². The maximum atomic E-state index is 12.1. The number of H-pyrrole nitrogens is 1. The summed E-state index contributed by atoms with van der Waals surface area (Å²) >= 11 is 0. The van der Waals surface area contributed by atoms with Crippen molar-refractivity contribution in [2.45, 2.75) is 6.54 Å². The third kappa shape index (κ3) is 3.06. The molecule has 8 heteroatoms. The average molecular weight is 296 g/mol. The van der Waals surface area contributed by atoms with Gasteiger partial charge in [-0.15, -0.1) is 0 Å². The number of ketones is 1. The molecule has 0 aromatic carbocycles. The van der Waals surface area contributed by atoms with Gasteiger partial charge in [0.15, 0.2) is 11.5 Å². The Bertz CT molecular complexity index is 792. The van der Waals surface area contributed by atoms with Crippen molar-refractivity contribution in [1.29, 1.82) is 0 Å². The predicted molar refractivity (Wildman–Crippen MR) is 76.9 cm³/mol. The number of aromatic nitrogens is 6. The molecule has 3 aromatic heterocycles. The second kappa shape index (κ2) is 6.00. The van der Waals surface area contributed by atoms with Gasteiger partial charge in [0.25, 0.3) is 0 Å². The van der Waals surface area contributed by atoms with E-state index in [9.17, 15) is 9.90 Å². The Kier molecular flexibility index (Phi) is 3.73. The third-order valence-electron chi connectivity index (χ3n) is 2.92. The van der Waals surface area contributed by atoms with Crippen LogP contribution in [0.2, 0.25) is 0 Å². The van der Waals surface area contributed by atoms with E-state index >= 15 is 0 Å². The zero-order valence-electron chi connectivity index (χ0n) is 11.4. The molecule has 2 N–H and O–H groups in total. The topological polar surface area (TPSA) is 110 Å². The number of nitrogens with zero attached hydrogens (tertiary/aromatic N) is 5. The van der Waals surface area contributed by atoms with Crippen LogP contribution in [0.1, 0.15) is 21.7 Å². The van der Waals surface area contributed by atoms with Gasteiger partial charge in [0, 0.05) is 24.7 Å². The van der Waals surface area contributed by atoms with Crippen LogP contribution in [0.15, 0.2) is 49.3 Å².